The predicted octanol–water partition coefficient (Wildman–Crippen LogP) is 3.94. The maximum absolute atomic E-state index is 12.1. The first-order valence-electron chi connectivity index (χ1n) is 8.35. The molecule has 3 heteroatoms. The van der Waals surface area contributed by atoms with Crippen LogP contribution in [0.3, 0.4) is 0 Å². The smallest absolute Gasteiger partial charge is 0.408 e. The Labute approximate surface area is 142 Å². The highest BCUT2D eigenvalue weighted by molar-refractivity contribution is 5.79. The first kappa shape index (κ1) is 14.8. The molecule has 2 aromatic rings. The predicted molar refractivity (Wildman–Crippen MR) is 93.5 cm³/mol. The van der Waals surface area contributed by atoms with Crippen molar-refractivity contribution in [1.82, 2.24) is 5.32 Å². The van der Waals surface area contributed by atoms with E-state index in [2.05, 4.69) is 35.5 Å². The van der Waals surface area contributed by atoms with Crippen molar-refractivity contribution in [2.75, 3.05) is 6.61 Å². The molecule has 2 aromatic carbocycles. The fourth-order valence-corrected chi connectivity index (χ4v) is 3.49. The zero-order chi connectivity index (χ0) is 16.5. The number of benzene rings is 2. The zero-order valence-corrected chi connectivity index (χ0v) is 13.4. The minimum Gasteiger partial charge on any atom is -0.449 e. The Balaban J connectivity index is 1.48. The molecule has 4 rings (SSSR count). The van der Waals surface area contributed by atoms with Crippen LogP contribution in [-0.4, -0.2) is 18.7 Å². The van der Waals surface area contributed by atoms with E-state index in [4.69, 9.17) is 11.2 Å². The number of rotatable bonds is 4. The molecule has 0 heterocycles. The van der Waals surface area contributed by atoms with Crippen LogP contribution in [0.2, 0.25) is 0 Å². The Morgan fingerprint density at radius 1 is 1.12 bits per heavy atom. The van der Waals surface area contributed by atoms with E-state index in [0.29, 0.717) is 12.5 Å². The molecule has 120 valence electrons. The first-order valence-corrected chi connectivity index (χ1v) is 8.35. The number of carbonyl (C=O) groups excluding carboxylic acids is 1. The quantitative estimate of drug-likeness (QED) is 0.868. The van der Waals surface area contributed by atoms with Gasteiger partial charge in [0.05, 0.1) is 6.04 Å². The van der Waals surface area contributed by atoms with E-state index in [0.717, 1.165) is 12.8 Å². The number of terminal acetylenes is 1. The third kappa shape index (κ3) is 2.65. The fourth-order valence-electron chi connectivity index (χ4n) is 3.49. The molecule has 0 aromatic heterocycles. The molecule has 3 nitrogen and oxygen atoms in total. The average Bonchev–Trinajstić information content (AvgIpc) is 3.41. The summed E-state index contributed by atoms with van der Waals surface area (Å²) in [6.07, 6.45) is 7.23. The number of hydrogen-bond donors (Lipinski definition) is 1. The number of alkyl carbamates (subject to hydrolysis) is 1. The van der Waals surface area contributed by atoms with Crippen molar-refractivity contribution < 1.29 is 9.53 Å². The second kappa shape index (κ2) is 6.05. The van der Waals surface area contributed by atoms with E-state index in [1.807, 2.05) is 24.3 Å². The van der Waals surface area contributed by atoms with Crippen molar-refractivity contribution in [3.63, 3.8) is 0 Å². The highest BCUT2D eigenvalue weighted by Gasteiger charge is 2.32. The maximum atomic E-state index is 12.1. The van der Waals surface area contributed by atoms with Gasteiger partial charge in [-0.05, 0) is 41.0 Å². The van der Waals surface area contributed by atoms with Crippen LogP contribution in [0.15, 0.2) is 48.5 Å². The van der Waals surface area contributed by atoms with Crippen LogP contribution in [-0.2, 0) is 4.74 Å². The Hall–Kier alpha value is -2.73. The molecule has 1 amide bonds. The highest BCUT2D eigenvalue weighted by Crippen LogP contribution is 2.44. The van der Waals surface area contributed by atoms with Gasteiger partial charge in [0.1, 0.15) is 6.61 Å². The van der Waals surface area contributed by atoms with Gasteiger partial charge in [-0.2, -0.15) is 0 Å². The topological polar surface area (TPSA) is 38.3 Å². The fraction of sp³-hybridized carbons (Fsp3) is 0.286. The molecule has 2 aliphatic carbocycles. The minimum atomic E-state index is -0.424. The van der Waals surface area contributed by atoms with E-state index in [9.17, 15) is 4.79 Å². The van der Waals surface area contributed by atoms with Gasteiger partial charge < -0.3 is 10.1 Å². The van der Waals surface area contributed by atoms with E-state index < -0.39 is 6.09 Å². The molecule has 1 N–H and O–H groups in total. The SMILES string of the molecule is C#CC(NC(=O)OCC1c2ccccc2-c2ccccc21)C1CC1. The van der Waals surface area contributed by atoms with Crippen LogP contribution >= 0.6 is 0 Å². The lowest BCUT2D eigenvalue weighted by atomic mass is 9.98. The van der Waals surface area contributed by atoms with E-state index >= 15 is 0 Å². The molecule has 0 bridgehead atoms. The Kier molecular flexibility index (Phi) is 3.74. The number of carbonyl (C=O) groups is 1. The lowest BCUT2D eigenvalue weighted by Crippen LogP contribution is -2.36. The highest BCUT2D eigenvalue weighted by atomic mass is 16.5. The van der Waals surface area contributed by atoms with Gasteiger partial charge in [-0.25, -0.2) is 4.79 Å². The largest absolute Gasteiger partial charge is 0.449 e. The molecule has 1 fully saturated rings. The molecule has 1 saturated carbocycles. The Morgan fingerprint density at radius 2 is 1.71 bits per heavy atom. The second-order valence-corrected chi connectivity index (χ2v) is 6.45. The maximum Gasteiger partial charge on any atom is 0.408 e. The number of hydrogen-bond acceptors (Lipinski definition) is 2. The zero-order valence-electron chi connectivity index (χ0n) is 13.4. The van der Waals surface area contributed by atoms with Crippen LogP contribution < -0.4 is 5.32 Å². The summed E-state index contributed by atoms with van der Waals surface area (Å²) in [5.74, 6) is 3.13. The Bertz CT molecular complexity index is 771. The summed E-state index contributed by atoms with van der Waals surface area (Å²) in [4.78, 5) is 12.1. The molecule has 0 radical (unpaired) electrons. The van der Waals surface area contributed by atoms with E-state index in [-0.39, 0.29) is 12.0 Å². The van der Waals surface area contributed by atoms with Crippen LogP contribution in [0.1, 0.15) is 29.9 Å². The van der Waals surface area contributed by atoms with Gasteiger partial charge in [0.25, 0.3) is 0 Å². The van der Waals surface area contributed by atoms with Gasteiger partial charge in [0.15, 0.2) is 0 Å². The van der Waals surface area contributed by atoms with Gasteiger partial charge in [0.2, 0.25) is 0 Å². The van der Waals surface area contributed by atoms with Crippen LogP contribution in [0.25, 0.3) is 11.1 Å². The summed E-state index contributed by atoms with van der Waals surface area (Å²) in [6.45, 7) is 0.321. The number of fused-ring (bicyclic) bond motifs is 3. The average molecular weight is 317 g/mol. The molecular formula is C21H19NO2. The summed E-state index contributed by atoms with van der Waals surface area (Å²) < 4.78 is 5.50. The van der Waals surface area contributed by atoms with E-state index in [1.54, 1.807) is 0 Å². The Morgan fingerprint density at radius 3 is 2.25 bits per heavy atom. The van der Waals surface area contributed by atoms with Crippen LogP contribution in [0.4, 0.5) is 4.79 Å². The molecular weight excluding hydrogens is 298 g/mol. The molecule has 2 aliphatic rings. The lowest BCUT2D eigenvalue weighted by Gasteiger charge is -2.16. The molecule has 0 aliphatic heterocycles. The molecule has 0 saturated heterocycles. The standard InChI is InChI=1S/C21H19NO2/c1-2-20(14-11-12-14)22-21(23)24-13-19-17-9-5-3-7-15(17)16-8-4-6-10-18(16)19/h1,3-10,14,19-20H,11-13H2,(H,22,23). The molecule has 1 unspecified atom stereocenters. The summed E-state index contributed by atoms with van der Waals surface area (Å²) in [5.41, 5.74) is 4.87. The van der Waals surface area contributed by atoms with Gasteiger partial charge in [-0.15, -0.1) is 6.42 Å². The first-order chi connectivity index (χ1) is 11.8. The van der Waals surface area contributed by atoms with Gasteiger partial charge in [0, 0.05) is 5.92 Å². The van der Waals surface area contributed by atoms with Crippen molar-refractivity contribution in [3.8, 4) is 23.5 Å². The second-order valence-electron chi connectivity index (χ2n) is 6.45. The summed E-state index contributed by atoms with van der Waals surface area (Å²) in [5, 5.41) is 2.80. The number of nitrogens with one attached hydrogen (secondary N) is 1. The molecule has 1 atom stereocenters. The van der Waals surface area contributed by atoms with Crippen molar-refractivity contribution in [2.45, 2.75) is 24.8 Å². The van der Waals surface area contributed by atoms with Crippen molar-refractivity contribution in [2.24, 2.45) is 5.92 Å². The van der Waals surface area contributed by atoms with Gasteiger partial charge in [-0.1, -0.05) is 54.5 Å². The van der Waals surface area contributed by atoms with E-state index in [1.165, 1.54) is 22.3 Å². The normalized spacial score (nSPS) is 16.6. The third-order valence-corrected chi connectivity index (χ3v) is 4.89. The van der Waals surface area contributed by atoms with Crippen LogP contribution in [0.5, 0.6) is 0 Å². The van der Waals surface area contributed by atoms with Gasteiger partial charge >= 0.3 is 6.09 Å². The molecule has 24 heavy (non-hydrogen) atoms. The monoisotopic (exact) mass is 317 g/mol. The van der Waals surface area contributed by atoms with Crippen molar-refractivity contribution >= 4 is 6.09 Å². The van der Waals surface area contributed by atoms with Gasteiger partial charge in [-0.3, -0.25) is 0 Å². The summed E-state index contributed by atoms with van der Waals surface area (Å²) >= 11 is 0. The lowest BCUT2D eigenvalue weighted by molar-refractivity contribution is 0.140. The number of amides is 1. The van der Waals surface area contributed by atoms with Crippen molar-refractivity contribution in [1.29, 1.82) is 0 Å². The minimum absolute atomic E-state index is 0.0772. The summed E-state index contributed by atoms with van der Waals surface area (Å²) in [6, 6.07) is 16.4. The van der Waals surface area contributed by atoms with Crippen molar-refractivity contribution in [3.05, 3.63) is 59.7 Å². The third-order valence-electron chi connectivity index (χ3n) is 4.89. The molecule has 0 spiro atoms. The number of ether oxygens (including phenoxy) is 1. The summed E-state index contributed by atoms with van der Waals surface area (Å²) in [7, 11) is 0. The van der Waals surface area contributed by atoms with Crippen LogP contribution in [0, 0.1) is 18.3 Å².